The van der Waals surface area contributed by atoms with Crippen LogP contribution in [0.3, 0.4) is 0 Å². The highest BCUT2D eigenvalue weighted by Gasteiger charge is 2.52. The van der Waals surface area contributed by atoms with Crippen LogP contribution in [-0.4, -0.2) is 36.5 Å². The largest absolute Gasteiger partial charge is 0.469 e. The summed E-state index contributed by atoms with van der Waals surface area (Å²) in [7, 11) is 1.34. The Kier molecular flexibility index (Phi) is 7.86. The molecule has 1 aliphatic heterocycles. The number of hydrogen-bond donors (Lipinski definition) is 1. The van der Waals surface area contributed by atoms with Crippen LogP contribution in [0.25, 0.3) is 0 Å². The first-order valence-corrected chi connectivity index (χ1v) is 11.6. The van der Waals surface area contributed by atoms with Crippen LogP contribution < -0.4 is 5.73 Å². The molecule has 0 saturated carbocycles. The summed E-state index contributed by atoms with van der Waals surface area (Å²) in [4.78, 5) is 28.1. The second-order valence-corrected chi connectivity index (χ2v) is 9.56. The molecule has 1 amide bonds. The number of halogens is 2. The predicted molar refractivity (Wildman–Crippen MR) is 128 cm³/mol. The summed E-state index contributed by atoms with van der Waals surface area (Å²) in [5, 5.41) is 1.25. The molecule has 0 aliphatic carbocycles. The predicted octanol–water partition coefficient (Wildman–Crippen LogP) is 5.36. The van der Waals surface area contributed by atoms with Crippen molar-refractivity contribution in [3.8, 4) is 0 Å². The van der Waals surface area contributed by atoms with E-state index in [2.05, 4.69) is 0 Å². The molecule has 0 spiro atoms. The number of piperidine rings is 1. The lowest BCUT2D eigenvalue weighted by Gasteiger charge is -2.51. The summed E-state index contributed by atoms with van der Waals surface area (Å²) in [5.41, 5.74) is 7.20. The Bertz CT molecular complexity index is 962. The molecule has 32 heavy (non-hydrogen) atoms. The van der Waals surface area contributed by atoms with Gasteiger partial charge >= 0.3 is 5.97 Å². The van der Waals surface area contributed by atoms with Crippen LogP contribution in [0.5, 0.6) is 0 Å². The van der Waals surface area contributed by atoms with E-state index in [1.807, 2.05) is 67.3 Å². The summed E-state index contributed by atoms with van der Waals surface area (Å²) in [5.74, 6) is -0.586. The van der Waals surface area contributed by atoms with Crippen LogP contribution in [0.4, 0.5) is 0 Å². The van der Waals surface area contributed by atoms with Crippen LogP contribution in [0.15, 0.2) is 48.5 Å². The zero-order chi connectivity index (χ0) is 23.5. The van der Waals surface area contributed by atoms with Crippen molar-refractivity contribution < 1.29 is 14.3 Å². The Morgan fingerprint density at radius 2 is 1.88 bits per heavy atom. The van der Waals surface area contributed by atoms with Crippen molar-refractivity contribution in [2.24, 2.45) is 11.1 Å². The van der Waals surface area contributed by atoms with Crippen molar-refractivity contribution in [2.45, 2.75) is 51.1 Å². The summed E-state index contributed by atoms with van der Waals surface area (Å²) in [6, 6.07) is 14.8. The van der Waals surface area contributed by atoms with Crippen molar-refractivity contribution in [2.75, 3.05) is 13.7 Å². The summed E-state index contributed by atoms with van der Waals surface area (Å²) in [6.45, 7) is 4.19. The number of nitrogens with zero attached hydrogens (tertiary/aromatic N) is 1. The van der Waals surface area contributed by atoms with Gasteiger partial charge in [-0.25, -0.2) is 0 Å². The van der Waals surface area contributed by atoms with Crippen molar-refractivity contribution in [3.63, 3.8) is 0 Å². The molecule has 2 aromatic carbocycles. The number of esters is 1. The molecule has 5 nitrogen and oxygen atoms in total. The van der Waals surface area contributed by atoms with Crippen molar-refractivity contribution >= 4 is 35.1 Å². The molecule has 0 radical (unpaired) electrons. The van der Waals surface area contributed by atoms with Gasteiger partial charge in [0.1, 0.15) is 0 Å². The molecule has 2 aromatic rings. The van der Waals surface area contributed by atoms with Gasteiger partial charge in [-0.3, -0.25) is 9.59 Å². The van der Waals surface area contributed by atoms with Gasteiger partial charge in [-0.1, -0.05) is 61.3 Å². The third-order valence-corrected chi connectivity index (χ3v) is 6.98. The molecule has 172 valence electrons. The maximum absolute atomic E-state index is 14.0. The minimum absolute atomic E-state index is 0.00421. The van der Waals surface area contributed by atoms with E-state index in [0.717, 1.165) is 11.1 Å². The lowest BCUT2D eigenvalue weighted by Crippen LogP contribution is -2.57. The van der Waals surface area contributed by atoms with E-state index in [4.69, 9.17) is 33.7 Å². The number of amides is 1. The van der Waals surface area contributed by atoms with Gasteiger partial charge in [0.05, 0.1) is 25.0 Å². The van der Waals surface area contributed by atoms with E-state index in [-0.39, 0.29) is 30.3 Å². The first-order chi connectivity index (χ1) is 15.2. The van der Waals surface area contributed by atoms with Crippen molar-refractivity contribution in [1.29, 1.82) is 0 Å². The van der Waals surface area contributed by atoms with E-state index < -0.39 is 11.4 Å². The molecule has 1 fully saturated rings. The maximum atomic E-state index is 14.0. The molecular formula is C25H30Cl2N2O3. The van der Waals surface area contributed by atoms with E-state index in [0.29, 0.717) is 29.4 Å². The van der Waals surface area contributed by atoms with Gasteiger partial charge in [0.2, 0.25) is 5.91 Å². The molecule has 1 aliphatic rings. The molecule has 1 heterocycles. The topological polar surface area (TPSA) is 72.6 Å². The number of carbonyl (C=O) groups excluding carboxylic acids is 2. The van der Waals surface area contributed by atoms with E-state index in [1.165, 1.54) is 7.11 Å². The number of ether oxygens (including phenoxy) is 1. The smallest absolute Gasteiger partial charge is 0.306 e. The summed E-state index contributed by atoms with van der Waals surface area (Å²) in [6.07, 6.45) is 1.18. The third kappa shape index (κ3) is 4.95. The average Bonchev–Trinajstić information content (AvgIpc) is 2.78. The number of rotatable bonds is 7. The van der Waals surface area contributed by atoms with Gasteiger partial charge in [-0.15, -0.1) is 0 Å². The Labute approximate surface area is 199 Å². The van der Waals surface area contributed by atoms with Crippen LogP contribution in [0, 0.1) is 5.41 Å². The van der Waals surface area contributed by atoms with E-state index in [9.17, 15) is 9.59 Å². The van der Waals surface area contributed by atoms with E-state index >= 15 is 0 Å². The van der Waals surface area contributed by atoms with Crippen molar-refractivity contribution in [3.05, 3.63) is 69.7 Å². The number of methoxy groups -OCH3 is 1. The Morgan fingerprint density at radius 3 is 2.44 bits per heavy atom. The SMILES string of the molecule is CCC(CN)N1C(=O)C(C)(CC(=O)OC)CC(c2cccc(Cl)c2)C1c1ccc(Cl)cc1. The zero-order valence-electron chi connectivity index (χ0n) is 18.7. The van der Waals surface area contributed by atoms with Gasteiger partial charge in [0.15, 0.2) is 0 Å². The standard InChI is InChI=1S/C25H30Cl2N2O3/c1-4-20(15-28)29-23(16-8-10-18(26)11-9-16)21(17-6-5-7-19(27)12-17)13-25(2,24(29)31)14-22(30)32-3/h5-12,20-21,23H,4,13-15,28H2,1-3H3. The highest BCUT2D eigenvalue weighted by molar-refractivity contribution is 6.30. The molecule has 3 rings (SSSR count). The van der Waals surface area contributed by atoms with Crippen LogP contribution >= 0.6 is 23.2 Å². The lowest BCUT2D eigenvalue weighted by atomic mass is 9.67. The van der Waals surface area contributed by atoms with Gasteiger partial charge in [-0.05, 0) is 48.2 Å². The fourth-order valence-electron chi connectivity index (χ4n) is 4.81. The highest BCUT2D eigenvalue weighted by Crippen LogP contribution is 2.52. The van der Waals surface area contributed by atoms with Crippen LogP contribution in [0.2, 0.25) is 10.0 Å². The Morgan fingerprint density at radius 1 is 1.19 bits per heavy atom. The second-order valence-electron chi connectivity index (χ2n) is 8.69. The molecular weight excluding hydrogens is 447 g/mol. The lowest BCUT2D eigenvalue weighted by molar-refractivity contribution is -0.161. The number of likely N-dealkylation sites (tertiary alicyclic amines) is 1. The zero-order valence-corrected chi connectivity index (χ0v) is 20.2. The Hall–Kier alpha value is -2.08. The minimum Gasteiger partial charge on any atom is -0.469 e. The normalized spacial score (nSPS) is 24.3. The average molecular weight is 477 g/mol. The molecule has 0 aromatic heterocycles. The quantitative estimate of drug-likeness (QED) is 0.546. The number of carbonyl (C=O) groups is 2. The van der Waals surface area contributed by atoms with Crippen molar-refractivity contribution in [1.82, 2.24) is 4.90 Å². The summed E-state index contributed by atoms with van der Waals surface area (Å²) < 4.78 is 4.93. The van der Waals surface area contributed by atoms with E-state index in [1.54, 1.807) is 0 Å². The highest BCUT2D eigenvalue weighted by atomic mass is 35.5. The first-order valence-electron chi connectivity index (χ1n) is 10.8. The monoisotopic (exact) mass is 476 g/mol. The van der Waals surface area contributed by atoms with Gasteiger partial charge < -0.3 is 15.4 Å². The Balaban J connectivity index is 2.21. The molecule has 4 unspecified atom stereocenters. The number of benzene rings is 2. The molecule has 2 N–H and O–H groups in total. The first kappa shape index (κ1) is 24.6. The molecule has 7 heteroatoms. The molecule has 1 saturated heterocycles. The minimum atomic E-state index is -0.925. The van der Waals surface area contributed by atoms with Gasteiger partial charge in [0.25, 0.3) is 0 Å². The van der Waals surface area contributed by atoms with Gasteiger partial charge in [-0.2, -0.15) is 0 Å². The summed E-state index contributed by atoms with van der Waals surface area (Å²) >= 11 is 12.5. The molecule has 4 atom stereocenters. The van der Waals surface area contributed by atoms with Crippen LogP contribution in [0.1, 0.15) is 56.2 Å². The van der Waals surface area contributed by atoms with Gasteiger partial charge in [0, 0.05) is 28.5 Å². The second kappa shape index (κ2) is 10.2. The number of nitrogens with two attached hydrogens (primary N) is 1. The maximum Gasteiger partial charge on any atom is 0.306 e. The third-order valence-electron chi connectivity index (χ3n) is 6.49. The fraction of sp³-hybridized carbons (Fsp3) is 0.440. The fourth-order valence-corrected chi connectivity index (χ4v) is 5.14. The number of hydrogen-bond acceptors (Lipinski definition) is 4. The molecule has 0 bridgehead atoms. The van der Waals surface area contributed by atoms with Crippen LogP contribution in [-0.2, 0) is 14.3 Å².